The molecule has 0 aliphatic rings. The van der Waals surface area contributed by atoms with Crippen LogP contribution in [0.1, 0.15) is 95.7 Å². The summed E-state index contributed by atoms with van der Waals surface area (Å²) in [5.41, 5.74) is 16.1. The lowest BCUT2D eigenvalue weighted by molar-refractivity contribution is -0.388. The van der Waals surface area contributed by atoms with E-state index in [9.17, 15) is 20.2 Å². The Morgan fingerprint density at radius 3 is 1.58 bits per heavy atom. The first kappa shape index (κ1) is 58.1. The standard InChI is InChI=1S/C9H10BrN3.C9H11N3.C8H11N3O2.C8H13N3.C5H5N3O2.C2H6O.C2H6.CH4/c1-6(2)13-7-4-3-5-11-8(7)12-9(13)10;1-7(2)12-6-11-9-8(12)4-3-5-10-9;1-6(2)10-7-4-3-5-9-8(7)11(12)13;1-6(2)11-7-4-3-5-10-8(7)9;6-4-2-1-3-7-5(4)8(9)10;1-2-3;1-2;/h3-6H,1-2H3;3-7H,1-2H3;3-6,10H,1-2H3;3-6,11H,1-2H3,(H2,9,10);1-3H,6H2;3H,2H2,1H3;1-2H3;1H4. The third kappa shape index (κ3) is 20.0. The maximum Gasteiger partial charge on any atom is 0.386 e. The van der Waals surface area contributed by atoms with E-state index in [0.29, 0.717) is 29.6 Å². The first-order chi connectivity index (χ1) is 30.4. The number of fused-ring (bicyclic) bond motifs is 2. The number of pyridine rings is 5. The summed E-state index contributed by atoms with van der Waals surface area (Å²) in [4.78, 5) is 47.4. The van der Waals surface area contributed by atoms with Crippen molar-refractivity contribution >= 4 is 72.8 Å². The Morgan fingerprint density at radius 2 is 1.11 bits per heavy atom. The summed E-state index contributed by atoms with van der Waals surface area (Å²) in [6.45, 7) is 22.4. The zero-order valence-electron chi connectivity index (χ0n) is 38.3. The Hall–Kier alpha value is -6.87. The number of anilines is 4. The molecule has 7 heterocycles. The van der Waals surface area contributed by atoms with E-state index in [1.807, 2.05) is 70.4 Å². The van der Waals surface area contributed by atoms with Gasteiger partial charge in [-0.25, -0.2) is 24.9 Å². The Bertz CT molecular complexity index is 2420. The average molecular weight is 965 g/mol. The minimum absolute atomic E-state index is 0. The van der Waals surface area contributed by atoms with Gasteiger partial charge in [0, 0.05) is 49.4 Å². The van der Waals surface area contributed by atoms with Crippen LogP contribution in [0.15, 0.2) is 103 Å². The number of nitro groups is 2. The number of nitrogens with two attached hydrogens (primary N) is 2. The van der Waals surface area contributed by atoms with Crippen LogP contribution in [0.25, 0.3) is 22.3 Å². The molecule has 0 radical (unpaired) electrons. The molecule has 0 aliphatic heterocycles. The molecule has 0 fully saturated rings. The summed E-state index contributed by atoms with van der Waals surface area (Å²) in [6.07, 6.45) is 9.77. The lowest BCUT2D eigenvalue weighted by atomic mass is 10.3. The van der Waals surface area contributed by atoms with Crippen LogP contribution in [-0.2, 0) is 0 Å². The Labute approximate surface area is 389 Å². The molecule has 0 unspecified atom stereocenters. The molecule has 7 aromatic rings. The lowest BCUT2D eigenvalue weighted by Gasteiger charge is -2.10. The van der Waals surface area contributed by atoms with Crippen molar-refractivity contribution in [2.75, 3.05) is 28.7 Å². The molecular formula is C44H66BrN15O5. The van der Waals surface area contributed by atoms with Crippen LogP contribution in [0, 0.1) is 20.2 Å². The molecule has 0 saturated carbocycles. The van der Waals surface area contributed by atoms with Crippen LogP contribution >= 0.6 is 15.9 Å². The zero-order chi connectivity index (χ0) is 48.4. The molecule has 0 atom stereocenters. The fraction of sp³-hybridized carbons (Fsp3) is 0.386. The zero-order valence-corrected chi connectivity index (χ0v) is 39.9. The number of rotatable bonds is 8. The van der Waals surface area contributed by atoms with Gasteiger partial charge >= 0.3 is 11.6 Å². The van der Waals surface area contributed by atoms with E-state index in [1.165, 1.54) is 18.5 Å². The van der Waals surface area contributed by atoms with Crippen molar-refractivity contribution in [3.8, 4) is 0 Å². The highest BCUT2D eigenvalue weighted by Crippen LogP contribution is 2.23. The average Bonchev–Trinajstić information content (AvgIpc) is 3.84. The SMILES string of the molecule is C.CC.CC(C)Nc1cccnc1N.CC(C)Nc1cccnc1[N+](=O)[O-].CC(C)n1c(Br)nc2ncccc21.CC(C)n1cnc2ncccc21.CCO.Nc1cccnc1[N+](=O)[O-]. The van der Waals surface area contributed by atoms with Crippen LogP contribution in [0.3, 0.4) is 0 Å². The molecule has 354 valence electrons. The van der Waals surface area contributed by atoms with E-state index in [-0.39, 0.29) is 37.4 Å². The number of aliphatic hydroxyl groups is 1. The summed E-state index contributed by atoms with van der Waals surface area (Å²) in [7, 11) is 0. The van der Waals surface area contributed by atoms with Crippen molar-refractivity contribution in [3.63, 3.8) is 0 Å². The first-order valence-corrected chi connectivity index (χ1v) is 21.3. The number of nitrogen functional groups attached to an aromatic ring is 2. The normalized spacial score (nSPS) is 9.86. The Kier molecular flexibility index (Phi) is 27.8. The second kappa shape index (κ2) is 31.1. The fourth-order valence-electron chi connectivity index (χ4n) is 5.05. The lowest BCUT2D eigenvalue weighted by Crippen LogP contribution is -2.11. The van der Waals surface area contributed by atoms with Crippen molar-refractivity contribution < 1.29 is 15.0 Å². The molecule has 0 bridgehead atoms. The molecule has 7 rings (SSSR count). The molecule has 7 N–H and O–H groups in total. The maximum atomic E-state index is 10.5. The van der Waals surface area contributed by atoms with Crippen molar-refractivity contribution in [2.45, 2.75) is 108 Å². The van der Waals surface area contributed by atoms with Crippen LogP contribution in [0.2, 0.25) is 0 Å². The smallest absolute Gasteiger partial charge is 0.386 e. The van der Waals surface area contributed by atoms with Crippen LogP contribution < -0.4 is 22.1 Å². The van der Waals surface area contributed by atoms with Gasteiger partial charge in [-0.15, -0.1) is 0 Å². The van der Waals surface area contributed by atoms with E-state index in [4.69, 9.17) is 16.6 Å². The summed E-state index contributed by atoms with van der Waals surface area (Å²) in [6, 6.07) is 19.4. The quantitative estimate of drug-likeness (QED) is 0.0699. The number of hydrogen-bond donors (Lipinski definition) is 5. The van der Waals surface area contributed by atoms with Crippen molar-refractivity contribution in [1.29, 1.82) is 0 Å². The van der Waals surface area contributed by atoms with Gasteiger partial charge in [-0.2, -0.15) is 0 Å². The molecule has 0 amide bonds. The van der Waals surface area contributed by atoms with Crippen molar-refractivity contribution in [1.82, 2.24) is 44.0 Å². The van der Waals surface area contributed by atoms with Gasteiger partial charge in [-0.3, -0.25) is 0 Å². The van der Waals surface area contributed by atoms with Gasteiger partial charge in [0.05, 0.1) is 23.0 Å². The number of aliphatic hydroxyl groups excluding tert-OH is 1. The summed E-state index contributed by atoms with van der Waals surface area (Å²) in [5, 5.41) is 34.3. The molecular weight excluding hydrogens is 898 g/mol. The van der Waals surface area contributed by atoms with E-state index in [1.54, 1.807) is 43.7 Å². The van der Waals surface area contributed by atoms with Crippen LogP contribution in [0.5, 0.6) is 0 Å². The number of aromatic nitrogens is 9. The Balaban J connectivity index is 0.000000767. The van der Waals surface area contributed by atoms with Gasteiger partial charge in [-0.05, 0) is 159 Å². The monoisotopic (exact) mass is 963 g/mol. The van der Waals surface area contributed by atoms with Gasteiger partial charge < -0.3 is 56.6 Å². The van der Waals surface area contributed by atoms with Crippen LogP contribution in [-0.4, -0.2) is 77.7 Å². The molecule has 65 heavy (non-hydrogen) atoms. The summed E-state index contributed by atoms with van der Waals surface area (Å²) < 4.78 is 5.07. The highest BCUT2D eigenvalue weighted by Gasteiger charge is 2.14. The van der Waals surface area contributed by atoms with Gasteiger partial charge in [-0.1, -0.05) is 21.3 Å². The molecule has 0 saturated heterocycles. The van der Waals surface area contributed by atoms with Gasteiger partial charge in [0.2, 0.25) is 0 Å². The van der Waals surface area contributed by atoms with Gasteiger partial charge in [0.1, 0.15) is 29.6 Å². The van der Waals surface area contributed by atoms with Crippen LogP contribution in [0.4, 0.5) is 34.5 Å². The number of imidazole rings is 2. The molecule has 0 aliphatic carbocycles. The van der Waals surface area contributed by atoms with E-state index >= 15 is 0 Å². The minimum Gasteiger partial charge on any atom is -0.397 e. The van der Waals surface area contributed by atoms with Gasteiger partial charge in [0.15, 0.2) is 16.0 Å². The highest BCUT2D eigenvalue weighted by molar-refractivity contribution is 9.10. The van der Waals surface area contributed by atoms with Gasteiger partial charge in [0.25, 0.3) is 0 Å². The van der Waals surface area contributed by atoms with Crippen molar-refractivity contribution in [2.24, 2.45) is 0 Å². The third-order valence-corrected chi connectivity index (χ3v) is 8.08. The molecule has 0 aromatic carbocycles. The predicted octanol–water partition coefficient (Wildman–Crippen LogP) is 10.3. The fourth-order valence-corrected chi connectivity index (χ4v) is 5.82. The predicted molar refractivity (Wildman–Crippen MR) is 267 cm³/mol. The number of halogens is 1. The summed E-state index contributed by atoms with van der Waals surface area (Å²) in [5.74, 6) is 0.139. The molecule has 20 nitrogen and oxygen atoms in total. The first-order valence-electron chi connectivity index (χ1n) is 20.5. The molecule has 0 spiro atoms. The van der Waals surface area contributed by atoms with E-state index in [2.05, 4.69) is 112 Å². The number of hydrogen-bond acceptors (Lipinski definition) is 16. The topological polar surface area (TPSA) is 283 Å². The molecule has 7 aromatic heterocycles. The second-order valence-corrected chi connectivity index (χ2v) is 14.6. The highest BCUT2D eigenvalue weighted by atomic mass is 79.9. The molecule has 21 heteroatoms. The Morgan fingerprint density at radius 1 is 0.662 bits per heavy atom. The van der Waals surface area contributed by atoms with E-state index in [0.717, 1.165) is 32.7 Å². The number of nitrogens with one attached hydrogen (secondary N) is 2. The third-order valence-electron chi connectivity index (χ3n) is 7.52. The summed E-state index contributed by atoms with van der Waals surface area (Å²) >= 11 is 3.42. The van der Waals surface area contributed by atoms with E-state index < -0.39 is 9.85 Å². The minimum atomic E-state index is -0.616. The number of nitrogens with zero attached hydrogens (tertiary/aromatic N) is 11. The second-order valence-electron chi connectivity index (χ2n) is 13.9. The van der Waals surface area contributed by atoms with Crippen molar-refractivity contribution in [3.05, 3.63) is 123 Å². The largest absolute Gasteiger partial charge is 0.397 e. The maximum absolute atomic E-state index is 10.5.